The third-order valence-electron chi connectivity index (χ3n) is 6.85. The number of nitrogens with two attached hydrogens (primary N) is 1. The Kier molecular flexibility index (Phi) is 8.13. The van der Waals surface area contributed by atoms with Crippen LogP contribution in [-0.2, 0) is 10.9 Å². The van der Waals surface area contributed by atoms with Gasteiger partial charge in [0.25, 0.3) is 5.91 Å². The Bertz CT molecular complexity index is 1580. The number of imidazole rings is 1. The SMILES string of the molecule is CCCCOC(=O)N1CCN(c2ccc(C(=O)Nc3cn4cc(-c5cnc(N)c(C(F)(F)F)c5)ccc4n3)cn2)CC1. The van der Waals surface area contributed by atoms with Crippen molar-refractivity contribution in [1.29, 1.82) is 0 Å². The molecule has 0 aliphatic carbocycles. The zero-order valence-electron chi connectivity index (χ0n) is 22.8. The Hall–Kier alpha value is -4.88. The number of carbonyl (C=O) groups is 2. The number of halogens is 3. The third kappa shape index (κ3) is 6.37. The lowest BCUT2D eigenvalue weighted by Crippen LogP contribution is -2.49. The molecule has 220 valence electrons. The van der Waals surface area contributed by atoms with Crippen molar-refractivity contribution in [3.8, 4) is 11.1 Å². The fourth-order valence-corrected chi connectivity index (χ4v) is 4.49. The first kappa shape index (κ1) is 28.6. The highest BCUT2D eigenvalue weighted by Gasteiger charge is 2.34. The number of unbranched alkanes of at least 4 members (excludes halogenated alkanes) is 1. The van der Waals surface area contributed by atoms with Crippen LogP contribution in [0.2, 0.25) is 0 Å². The normalized spacial score (nSPS) is 13.8. The molecule has 42 heavy (non-hydrogen) atoms. The third-order valence-corrected chi connectivity index (χ3v) is 6.85. The number of piperazine rings is 1. The zero-order chi connectivity index (χ0) is 29.9. The smallest absolute Gasteiger partial charge is 0.419 e. The van der Waals surface area contributed by atoms with Gasteiger partial charge in [-0.25, -0.2) is 19.7 Å². The topological polar surface area (TPSA) is 131 Å². The maximum absolute atomic E-state index is 13.3. The van der Waals surface area contributed by atoms with Gasteiger partial charge in [-0.2, -0.15) is 13.2 Å². The van der Waals surface area contributed by atoms with E-state index in [1.807, 2.05) is 11.8 Å². The molecule has 0 aromatic carbocycles. The first-order chi connectivity index (χ1) is 20.1. The molecular weight excluding hydrogens is 553 g/mol. The van der Waals surface area contributed by atoms with Crippen LogP contribution < -0.4 is 16.0 Å². The lowest BCUT2D eigenvalue weighted by molar-refractivity contribution is -0.137. The van der Waals surface area contributed by atoms with E-state index in [-0.39, 0.29) is 17.5 Å². The molecule has 2 amide bonds. The molecule has 5 heterocycles. The number of aromatic nitrogens is 4. The van der Waals surface area contributed by atoms with Crippen molar-refractivity contribution in [2.24, 2.45) is 0 Å². The molecule has 0 saturated carbocycles. The summed E-state index contributed by atoms with van der Waals surface area (Å²) in [7, 11) is 0. The Morgan fingerprint density at radius 1 is 1.02 bits per heavy atom. The van der Waals surface area contributed by atoms with E-state index < -0.39 is 23.5 Å². The van der Waals surface area contributed by atoms with E-state index in [1.54, 1.807) is 46.0 Å². The summed E-state index contributed by atoms with van der Waals surface area (Å²) in [6.45, 7) is 4.67. The molecule has 3 N–H and O–H groups in total. The molecule has 0 spiro atoms. The Morgan fingerprint density at radius 2 is 1.81 bits per heavy atom. The number of anilines is 3. The van der Waals surface area contributed by atoms with E-state index in [2.05, 4.69) is 20.3 Å². The molecule has 4 aromatic rings. The maximum atomic E-state index is 13.3. The largest absolute Gasteiger partial charge is 0.449 e. The van der Waals surface area contributed by atoms with E-state index in [9.17, 15) is 22.8 Å². The summed E-state index contributed by atoms with van der Waals surface area (Å²) in [5.74, 6) is -0.0640. The molecule has 4 aromatic heterocycles. The summed E-state index contributed by atoms with van der Waals surface area (Å²) in [5.41, 5.74) is 5.90. The number of rotatable bonds is 7. The molecule has 1 fully saturated rings. The lowest BCUT2D eigenvalue weighted by Gasteiger charge is -2.34. The van der Waals surface area contributed by atoms with Crippen molar-refractivity contribution in [2.45, 2.75) is 25.9 Å². The monoisotopic (exact) mass is 582 g/mol. The Morgan fingerprint density at radius 3 is 2.50 bits per heavy atom. The molecule has 0 atom stereocenters. The van der Waals surface area contributed by atoms with Gasteiger partial charge in [-0.1, -0.05) is 13.3 Å². The second kappa shape index (κ2) is 11.9. The lowest BCUT2D eigenvalue weighted by atomic mass is 10.1. The van der Waals surface area contributed by atoms with Gasteiger partial charge in [0.15, 0.2) is 5.82 Å². The van der Waals surface area contributed by atoms with Gasteiger partial charge >= 0.3 is 12.3 Å². The second-order valence-corrected chi connectivity index (χ2v) is 9.77. The maximum Gasteiger partial charge on any atom is 0.419 e. The Balaban J connectivity index is 1.21. The van der Waals surface area contributed by atoms with Crippen LogP contribution >= 0.6 is 0 Å². The van der Waals surface area contributed by atoms with E-state index in [1.165, 1.54) is 12.4 Å². The number of carbonyl (C=O) groups excluding carboxylic acids is 2. The van der Waals surface area contributed by atoms with Gasteiger partial charge in [0, 0.05) is 55.9 Å². The van der Waals surface area contributed by atoms with E-state index in [0.717, 1.165) is 18.9 Å². The first-order valence-electron chi connectivity index (χ1n) is 13.4. The van der Waals surface area contributed by atoms with Gasteiger partial charge in [0.1, 0.15) is 17.3 Å². The summed E-state index contributed by atoms with van der Waals surface area (Å²) < 4.78 is 46.7. The summed E-state index contributed by atoms with van der Waals surface area (Å²) >= 11 is 0. The molecule has 1 saturated heterocycles. The number of alkyl halides is 3. The summed E-state index contributed by atoms with van der Waals surface area (Å²) in [5, 5.41) is 2.72. The number of amides is 2. The van der Waals surface area contributed by atoms with E-state index in [0.29, 0.717) is 55.4 Å². The minimum Gasteiger partial charge on any atom is -0.449 e. The molecule has 1 aliphatic heterocycles. The van der Waals surface area contributed by atoms with Crippen molar-refractivity contribution in [3.05, 3.63) is 66.2 Å². The van der Waals surface area contributed by atoms with Crippen molar-refractivity contribution >= 4 is 35.1 Å². The number of fused-ring (bicyclic) bond motifs is 1. The first-order valence-corrected chi connectivity index (χ1v) is 13.4. The molecule has 11 nitrogen and oxygen atoms in total. The number of hydrogen-bond donors (Lipinski definition) is 2. The Labute approximate surface area is 239 Å². The summed E-state index contributed by atoms with van der Waals surface area (Å²) in [4.78, 5) is 41.2. The van der Waals surface area contributed by atoms with Crippen LogP contribution in [0.25, 0.3) is 16.8 Å². The van der Waals surface area contributed by atoms with Gasteiger partial charge in [0.2, 0.25) is 0 Å². The highest BCUT2D eigenvalue weighted by Crippen LogP contribution is 2.35. The van der Waals surface area contributed by atoms with Crippen LogP contribution in [0.4, 0.5) is 35.4 Å². The van der Waals surface area contributed by atoms with Gasteiger partial charge in [-0.15, -0.1) is 0 Å². The van der Waals surface area contributed by atoms with Crippen LogP contribution in [-0.4, -0.2) is 69.0 Å². The van der Waals surface area contributed by atoms with E-state index in [4.69, 9.17) is 10.5 Å². The fraction of sp³-hybridized carbons (Fsp3) is 0.321. The highest BCUT2D eigenvalue weighted by molar-refractivity contribution is 6.03. The van der Waals surface area contributed by atoms with Crippen molar-refractivity contribution in [3.63, 3.8) is 0 Å². The van der Waals surface area contributed by atoms with Crippen molar-refractivity contribution in [1.82, 2.24) is 24.3 Å². The number of ether oxygens (including phenoxy) is 1. The minimum atomic E-state index is -4.63. The zero-order valence-corrected chi connectivity index (χ0v) is 22.8. The van der Waals surface area contributed by atoms with Crippen molar-refractivity contribution in [2.75, 3.05) is 48.7 Å². The van der Waals surface area contributed by atoms with Gasteiger partial charge in [0.05, 0.1) is 23.9 Å². The molecule has 0 radical (unpaired) electrons. The summed E-state index contributed by atoms with van der Waals surface area (Å²) in [6, 6.07) is 7.58. The predicted molar refractivity (Wildman–Crippen MR) is 150 cm³/mol. The molecule has 0 unspecified atom stereocenters. The number of nitrogens with zero attached hydrogens (tertiary/aromatic N) is 6. The summed E-state index contributed by atoms with van der Waals surface area (Å²) in [6.07, 6.45) is 2.75. The molecule has 0 bridgehead atoms. The van der Waals surface area contributed by atoms with Crippen molar-refractivity contribution < 1.29 is 27.5 Å². The van der Waals surface area contributed by atoms with E-state index >= 15 is 0 Å². The van der Waals surface area contributed by atoms with Crippen LogP contribution in [0, 0.1) is 0 Å². The van der Waals surface area contributed by atoms with Gasteiger partial charge in [-0.05, 0) is 36.8 Å². The number of hydrogen-bond acceptors (Lipinski definition) is 8. The van der Waals surface area contributed by atoms with Crippen LogP contribution in [0.3, 0.4) is 0 Å². The predicted octanol–water partition coefficient (Wildman–Crippen LogP) is 4.70. The second-order valence-electron chi connectivity index (χ2n) is 9.77. The van der Waals surface area contributed by atoms with Crippen LogP contribution in [0.1, 0.15) is 35.7 Å². The average Bonchev–Trinajstić information content (AvgIpc) is 3.38. The van der Waals surface area contributed by atoms with Gasteiger partial charge in [-0.3, -0.25) is 4.79 Å². The highest BCUT2D eigenvalue weighted by atomic mass is 19.4. The number of nitrogens with one attached hydrogen (secondary N) is 1. The number of nitrogen functional groups attached to an aromatic ring is 1. The quantitative estimate of drug-likeness (QED) is 0.300. The molecular formula is C28H29F3N8O3. The standard InChI is InChI=1S/C28H29F3N8O3/c1-2-3-12-42-27(41)38-10-8-37(9-11-38)23-6-4-18(14-33-23)26(40)36-22-17-39-16-19(5-7-24(39)35-22)20-13-21(28(29,30)31)25(32)34-15-20/h4-7,13-17H,2-3,8-12H2,1H3,(H2,32,34)(H,36,40). The average molecular weight is 583 g/mol. The number of pyridine rings is 3. The molecule has 1 aliphatic rings. The molecule has 14 heteroatoms. The molecule has 5 rings (SSSR count). The minimum absolute atomic E-state index is 0.234. The van der Waals surface area contributed by atoms with Crippen LogP contribution in [0.15, 0.2) is 55.1 Å². The van der Waals surface area contributed by atoms with Gasteiger partial charge < -0.3 is 30.0 Å². The fourth-order valence-electron chi connectivity index (χ4n) is 4.49. The van der Waals surface area contributed by atoms with Crippen LogP contribution in [0.5, 0.6) is 0 Å².